The zero-order valence-electron chi connectivity index (χ0n) is 14.3. The first-order valence-electron chi connectivity index (χ1n) is 8.07. The van der Waals surface area contributed by atoms with Gasteiger partial charge in [-0.1, -0.05) is 30.7 Å². The van der Waals surface area contributed by atoms with Crippen molar-refractivity contribution in [3.63, 3.8) is 0 Å². The summed E-state index contributed by atoms with van der Waals surface area (Å²) in [6, 6.07) is 9.36. The third-order valence-corrected chi connectivity index (χ3v) is 5.47. The molecule has 2 N–H and O–H groups in total. The lowest BCUT2D eigenvalue weighted by molar-refractivity contribution is -0.140. The molecule has 0 aliphatic rings. The number of rotatable bonds is 6. The number of carbonyl (C=O) groups is 2. The number of hydrogen-bond acceptors (Lipinski definition) is 4. The van der Waals surface area contributed by atoms with Crippen LogP contribution in [-0.4, -0.2) is 33.3 Å². The lowest BCUT2D eigenvalue weighted by atomic mass is 10.2. The van der Waals surface area contributed by atoms with Crippen molar-refractivity contribution in [3.8, 4) is 0 Å². The molecule has 0 saturated heterocycles. The van der Waals surface area contributed by atoms with Crippen LogP contribution in [0.5, 0.6) is 0 Å². The van der Waals surface area contributed by atoms with Gasteiger partial charge in [0.15, 0.2) is 0 Å². The lowest BCUT2D eigenvalue weighted by Crippen LogP contribution is -2.30. The van der Waals surface area contributed by atoms with Crippen molar-refractivity contribution in [1.82, 2.24) is 15.1 Å². The maximum absolute atomic E-state index is 12.3. The van der Waals surface area contributed by atoms with Crippen LogP contribution in [0, 0.1) is 12.8 Å². The Kier molecular flexibility index (Phi) is 5.29. The van der Waals surface area contributed by atoms with Crippen LogP contribution in [0.1, 0.15) is 27.9 Å². The molecule has 0 saturated carbocycles. The molecule has 0 spiro atoms. The maximum Gasteiger partial charge on any atom is 0.308 e. The molecular formula is C18H18ClN3O3S. The van der Waals surface area contributed by atoms with Crippen molar-refractivity contribution in [2.24, 2.45) is 5.92 Å². The van der Waals surface area contributed by atoms with E-state index >= 15 is 0 Å². The van der Waals surface area contributed by atoms with Gasteiger partial charge in [-0.2, -0.15) is 5.10 Å². The molecule has 1 atom stereocenters. The molecule has 1 aromatic carbocycles. The summed E-state index contributed by atoms with van der Waals surface area (Å²) in [4.78, 5) is 24.6. The molecule has 3 aromatic rings. The molecule has 6 nitrogen and oxygen atoms in total. The van der Waals surface area contributed by atoms with Crippen LogP contribution in [-0.2, 0) is 11.3 Å². The van der Waals surface area contributed by atoms with Crippen molar-refractivity contribution in [3.05, 3.63) is 51.5 Å². The van der Waals surface area contributed by atoms with Gasteiger partial charge in [0.05, 0.1) is 23.0 Å². The van der Waals surface area contributed by atoms with Crippen LogP contribution in [0.4, 0.5) is 0 Å². The summed E-state index contributed by atoms with van der Waals surface area (Å²) in [6.07, 6.45) is 0. The van der Waals surface area contributed by atoms with E-state index in [-0.39, 0.29) is 12.5 Å². The number of carboxylic acid groups (broad SMARTS) is 1. The predicted molar refractivity (Wildman–Crippen MR) is 102 cm³/mol. The monoisotopic (exact) mass is 391 g/mol. The summed E-state index contributed by atoms with van der Waals surface area (Å²) < 4.78 is 1.87. The smallest absolute Gasteiger partial charge is 0.308 e. The molecule has 1 amide bonds. The highest BCUT2D eigenvalue weighted by molar-refractivity contribution is 7.20. The standard InChI is InChI=1S/C18H18ClN3O3S/c1-10(18(24)25)8-20-16(23)15-7-14-11(2)21-22(17(14)26-15)9-12-3-5-13(19)6-4-12/h3-7,10H,8-9H2,1-2H3,(H,20,23)(H,24,25). The van der Waals surface area contributed by atoms with Gasteiger partial charge in [-0.05, 0) is 30.7 Å². The SMILES string of the molecule is Cc1nn(Cc2ccc(Cl)cc2)c2sc(C(=O)NCC(C)C(=O)O)cc12. The topological polar surface area (TPSA) is 84.2 Å². The molecule has 2 heterocycles. The maximum atomic E-state index is 12.3. The molecule has 0 bridgehead atoms. The summed E-state index contributed by atoms with van der Waals surface area (Å²) in [5, 5.41) is 17.7. The number of hydrogen-bond donors (Lipinski definition) is 2. The van der Waals surface area contributed by atoms with Gasteiger partial charge in [-0.3, -0.25) is 14.3 Å². The number of aromatic nitrogens is 2. The van der Waals surface area contributed by atoms with E-state index in [9.17, 15) is 9.59 Å². The molecule has 0 aliphatic heterocycles. The number of fused-ring (bicyclic) bond motifs is 1. The van der Waals surface area contributed by atoms with E-state index in [1.54, 1.807) is 6.92 Å². The van der Waals surface area contributed by atoms with E-state index in [4.69, 9.17) is 16.7 Å². The lowest BCUT2D eigenvalue weighted by Gasteiger charge is -2.07. The van der Waals surface area contributed by atoms with Gasteiger partial charge < -0.3 is 10.4 Å². The second-order valence-electron chi connectivity index (χ2n) is 6.15. The number of aryl methyl sites for hydroxylation is 1. The highest BCUT2D eigenvalue weighted by Gasteiger charge is 2.18. The minimum atomic E-state index is -0.934. The summed E-state index contributed by atoms with van der Waals surface area (Å²) in [6.45, 7) is 4.14. The second-order valence-corrected chi connectivity index (χ2v) is 7.62. The Hall–Kier alpha value is -2.38. The summed E-state index contributed by atoms with van der Waals surface area (Å²) in [5.74, 6) is -1.83. The van der Waals surface area contributed by atoms with E-state index in [0.29, 0.717) is 16.4 Å². The zero-order valence-corrected chi connectivity index (χ0v) is 15.9. The van der Waals surface area contributed by atoms with Gasteiger partial charge in [-0.25, -0.2) is 0 Å². The largest absolute Gasteiger partial charge is 0.481 e. The number of nitrogens with one attached hydrogen (secondary N) is 1. The fraction of sp³-hybridized carbons (Fsp3) is 0.278. The van der Waals surface area contributed by atoms with Crippen LogP contribution in [0.3, 0.4) is 0 Å². The average molecular weight is 392 g/mol. The normalized spacial score (nSPS) is 12.3. The van der Waals surface area contributed by atoms with Crippen LogP contribution in [0.2, 0.25) is 5.02 Å². The number of carboxylic acids is 1. The van der Waals surface area contributed by atoms with Gasteiger partial charge in [-0.15, -0.1) is 11.3 Å². The number of halogens is 1. The zero-order chi connectivity index (χ0) is 18.8. The Bertz CT molecular complexity index is 962. The molecule has 0 aliphatic carbocycles. The average Bonchev–Trinajstić information content (AvgIpc) is 3.16. The summed E-state index contributed by atoms with van der Waals surface area (Å²) in [7, 11) is 0. The molecule has 0 fully saturated rings. The number of carbonyl (C=O) groups excluding carboxylic acids is 1. The Labute approximate surface area is 159 Å². The minimum absolute atomic E-state index is 0.0955. The quantitative estimate of drug-likeness (QED) is 0.672. The second kappa shape index (κ2) is 7.47. The number of benzene rings is 1. The van der Waals surface area contributed by atoms with E-state index < -0.39 is 11.9 Å². The molecule has 0 radical (unpaired) electrons. The fourth-order valence-corrected chi connectivity index (χ4v) is 3.72. The van der Waals surface area contributed by atoms with Crippen LogP contribution in [0.15, 0.2) is 30.3 Å². The van der Waals surface area contributed by atoms with Crippen molar-refractivity contribution in [2.45, 2.75) is 20.4 Å². The van der Waals surface area contributed by atoms with Gasteiger partial charge >= 0.3 is 5.97 Å². The molecule has 136 valence electrons. The molecule has 26 heavy (non-hydrogen) atoms. The number of aliphatic carboxylic acids is 1. The first-order valence-corrected chi connectivity index (χ1v) is 9.27. The number of thiophene rings is 1. The fourth-order valence-electron chi connectivity index (χ4n) is 2.51. The van der Waals surface area contributed by atoms with Gasteiger partial charge in [0.1, 0.15) is 4.83 Å². The van der Waals surface area contributed by atoms with E-state index in [2.05, 4.69) is 10.4 Å². The third-order valence-electron chi connectivity index (χ3n) is 4.07. The van der Waals surface area contributed by atoms with Crippen molar-refractivity contribution in [2.75, 3.05) is 6.54 Å². The van der Waals surface area contributed by atoms with E-state index in [0.717, 1.165) is 21.5 Å². The summed E-state index contributed by atoms with van der Waals surface area (Å²) >= 11 is 7.27. The number of nitrogens with zero attached hydrogens (tertiary/aromatic N) is 2. The minimum Gasteiger partial charge on any atom is -0.481 e. The predicted octanol–water partition coefficient (Wildman–Crippen LogP) is 3.56. The Morgan fingerprint density at radius 1 is 1.35 bits per heavy atom. The highest BCUT2D eigenvalue weighted by atomic mass is 35.5. The first-order chi connectivity index (χ1) is 12.3. The van der Waals surface area contributed by atoms with Gasteiger partial charge in [0, 0.05) is 17.0 Å². The van der Waals surface area contributed by atoms with E-state index in [1.165, 1.54) is 11.3 Å². The van der Waals surface area contributed by atoms with Crippen molar-refractivity contribution < 1.29 is 14.7 Å². The highest BCUT2D eigenvalue weighted by Crippen LogP contribution is 2.29. The Balaban J connectivity index is 1.81. The third kappa shape index (κ3) is 3.89. The molecule has 8 heteroatoms. The van der Waals surface area contributed by atoms with Crippen LogP contribution >= 0.6 is 22.9 Å². The summed E-state index contributed by atoms with van der Waals surface area (Å²) in [5.41, 5.74) is 1.91. The molecule has 1 unspecified atom stereocenters. The van der Waals surface area contributed by atoms with E-state index in [1.807, 2.05) is 41.9 Å². The van der Waals surface area contributed by atoms with Crippen LogP contribution < -0.4 is 5.32 Å². The molecular weight excluding hydrogens is 374 g/mol. The Morgan fingerprint density at radius 2 is 2.04 bits per heavy atom. The van der Waals surface area contributed by atoms with Crippen LogP contribution in [0.25, 0.3) is 10.2 Å². The van der Waals surface area contributed by atoms with Crippen molar-refractivity contribution in [1.29, 1.82) is 0 Å². The van der Waals surface area contributed by atoms with Gasteiger partial charge in [0.25, 0.3) is 5.91 Å². The number of amides is 1. The van der Waals surface area contributed by atoms with Crippen molar-refractivity contribution >= 4 is 45.0 Å². The first kappa shape index (κ1) is 18.4. The molecule has 2 aromatic heterocycles. The Morgan fingerprint density at radius 3 is 2.69 bits per heavy atom. The molecule has 3 rings (SSSR count). The van der Waals surface area contributed by atoms with Gasteiger partial charge in [0.2, 0.25) is 0 Å².